The Balaban J connectivity index is 1.42. The van der Waals surface area contributed by atoms with Gasteiger partial charge < -0.3 is 10.2 Å². The van der Waals surface area contributed by atoms with Gasteiger partial charge in [-0.05, 0) is 55.8 Å². The second-order valence-corrected chi connectivity index (χ2v) is 8.53. The third kappa shape index (κ3) is 5.48. The number of carbonyl (C=O) groups is 1. The highest BCUT2D eigenvalue weighted by Crippen LogP contribution is 2.30. The molecule has 1 N–H and O–H groups in total. The van der Waals surface area contributed by atoms with E-state index in [1.165, 1.54) is 12.5 Å². The molecule has 1 aromatic carbocycles. The number of nitrogens with one attached hydrogen (secondary N) is 1. The van der Waals surface area contributed by atoms with Gasteiger partial charge in [-0.15, -0.1) is 0 Å². The number of carbonyl (C=O) groups excluding carboxylic acids is 1. The number of benzene rings is 1. The van der Waals surface area contributed by atoms with Gasteiger partial charge in [0.15, 0.2) is 5.82 Å². The van der Waals surface area contributed by atoms with Crippen LogP contribution in [0.1, 0.15) is 36.9 Å². The number of rotatable bonds is 6. The van der Waals surface area contributed by atoms with E-state index >= 15 is 0 Å². The lowest BCUT2D eigenvalue weighted by Gasteiger charge is -2.32. The molecule has 1 aliphatic heterocycles. The summed E-state index contributed by atoms with van der Waals surface area (Å²) in [5, 5.41) is 2.82. The zero-order chi connectivity index (χ0) is 22.5. The van der Waals surface area contributed by atoms with Gasteiger partial charge in [0.2, 0.25) is 5.91 Å². The summed E-state index contributed by atoms with van der Waals surface area (Å²) in [4.78, 5) is 29.5. The molecule has 7 nitrogen and oxygen atoms in total. The Hall–Kier alpha value is -3.32. The van der Waals surface area contributed by atoms with Crippen molar-refractivity contribution in [2.45, 2.75) is 32.2 Å². The van der Waals surface area contributed by atoms with Gasteiger partial charge in [-0.3, -0.25) is 14.7 Å². The summed E-state index contributed by atoms with van der Waals surface area (Å²) in [6.07, 6.45) is 5.71. The zero-order valence-corrected chi connectivity index (χ0v) is 19.0. The van der Waals surface area contributed by atoms with Gasteiger partial charge >= 0.3 is 0 Å². The third-order valence-corrected chi connectivity index (χ3v) is 5.82. The molecule has 1 fully saturated rings. The molecule has 166 valence electrons. The lowest BCUT2D eigenvalue weighted by atomic mass is 9.92. The van der Waals surface area contributed by atoms with Gasteiger partial charge in [-0.2, -0.15) is 0 Å². The van der Waals surface area contributed by atoms with E-state index in [2.05, 4.69) is 33.4 Å². The first kappa shape index (κ1) is 21.9. The highest BCUT2D eigenvalue weighted by molar-refractivity contribution is 5.88. The monoisotopic (exact) mass is 430 g/mol. The van der Waals surface area contributed by atoms with Crippen LogP contribution in [0.25, 0.3) is 11.4 Å². The van der Waals surface area contributed by atoms with Crippen LogP contribution in [0, 0.1) is 0 Å². The van der Waals surface area contributed by atoms with Crippen LogP contribution in [-0.2, 0) is 11.3 Å². The van der Waals surface area contributed by atoms with E-state index in [9.17, 15) is 4.79 Å². The molecular formula is C25H30N6O. The normalized spacial score (nSPS) is 14.8. The number of amides is 1. The molecule has 3 heterocycles. The summed E-state index contributed by atoms with van der Waals surface area (Å²) >= 11 is 0. The number of aromatic nitrogens is 3. The predicted octanol–water partition coefficient (Wildman–Crippen LogP) is 3.94. The van der Waals surface area contributed by atoms with Crippen molar-refractivity contribution < 1.29 is 4.79 Å². The molecule has 7 heteroatoms. The van der Waals surface area contributed by atoms with E-state index in [1.807, 2.05) is 43.3 Å². The maximum Gasteiger partial charge on any atom is 0.221 e. The van der Waals surface area contributed by atoms with E-state index in [0.717, 1.165) is 61.1 Å². The van der Waals surface area contributed by atoms with Gasteiger partial charge in [0.1, 0.15) is 5.82 Å². The zero-order valence-electron chi connectivity index (χ0n) is 19.0. The fourth-order valence-electron chi connectivity index (χ4n) is 4.06. The van der Waals surface area contributed by atoms with E-state index in [-0.39, 0.29) is 5.91 Å². The molecule has 1 amide bonds. The number of piperidine rings is 1. The summed E-state index contributed by atoms with van der Waals surface area (Å²) in [6.45, 7) is 4.51. The number of nitrogens with zero attached hydrogens (tertiary/aromatic N) is 5. The molecule has 32 heavy (non-hydrogen) atoms. The molecule has 0 atom stereocenters. The van der Waals surface area contributed by atoms with Gasteiger partial charge in [-0.25, -0.2) is 9.97 Å². The molecule has 0 aliphatic carbocycles. The van der Waals surface area contributed by atoms with Crippen LogP contribution in [0.4, 0.5) is 11.5 Å². The van der Waals surface area contributed by atoms with Crippen molar-refractivity contribution in [3.8, 4) is 11.4 Å². The Labute approximate surface area is 189 Å². The van der Waals surface area contributed by atoms with E-state index in [0.29, 0.717) is 5.92 Å². The van der Waals surface area contributed by atoms with Crippen molar-refractivity contribution in [1.82, 2.24) is 19.9 Å². The SMILES string of the molecule is CC(=O)Nc1ccc(CN2CCC(c3cc(N(C)C)nc(-c4ccncc4)n3)CC2)cc1. The standard InChI is InChI=1S/C25H30N6O/c1-18(32)27-22-6-4-19(5-7-22)17-31-14-10-20(11-15-31)23-16-24(30(2)3)29-25(28-23)21-8-12-26-13-9-21/h4-9,12-13,16,20H,10-11,14-15,17H2,1-3H3,(H,27,32). The third-order valence-electron chi connectivity index (χ3n) is 5.82. The Morgan fingerprint density at radius 1 is 1.06 bits per heavy atom. The minimum Gasteiger partial charge on any atom is -0.363 e. The number of hydrogen-bond donors (Lipinski definition) is 1. The van der Waals surface area contributed by atoms with Crippen LogP contribution in [0.15, 0.2) is 54.9 Å². The van der Waals surface area contributed by atoms with Crippen LogP contribution in [-0.4, -0.2) is 52.9 Å². The van der Waals surface area contributed by atoms with Crippen LogP contribution in [0.2, 0.25) is 0 Å². The van der Waals surface area contributed by atoms with E-state index in [4.69, 9.17) is 9.97 Å². The predicted molar refractivity (Wildman–Crippen MR) is 128 cm³/mol. The fraction of sp³-hybridized carbons (Fsp3) is 0.360. The first-order valence-corrected chi connectivity index (χ1v) is 11.0. The summed E-state index contributed by atoms with van der Waals surface area (Å²) < 4.78 is 0. The molecular weight excluding hydrogens is 400 g/mol. The van der Waals surface area contributed by atoms with Gasteiger partial charge in [0.25, 0.3) is 0 Å². The second-order valence-electron chi connectivity index (χ2n) is 8.53. The fourth-order valence-corrected chi connectivity index (χ4v) is 4.06. The maximum atomic E-state index is 11.2. The smallest absolute Gasteiger partial charge is 0.221 e. The minimum absolute atomic E-state index is 0.0472. The van der Waals surface area contributed by atoms with E-state index < -0.39 is 0 Å². The van der Waals surface area contributed by atoms with Crippen molar-refractivity contribution in [3.05, 3.63) is 66.1 Å². The highest BCUT2D eigenvalue weighted by Gasteiger charge is 2.23. The van der Waals surface area contributed by atoms with Gasteiger partial charge in [-0.1, -0.05) is 12.1 Å². The molecule has 2 aromatic heterocycles. The van der Waals surface area contributed by atoms with Crippen LogP contribution in [0.5, 0.6) is 0 Å². The Morgan fingerprint density at radius 3 is 2.38 bits per heavy atom. The minimum atomic E-state index is -0.0472. The summed E-state index contributed by atoms with van der Waals surface area (Å²) in [6, 6.07) is 14.2. The maximum absolute atomic E-state index is 11.2. The lowest BCUT2D eigenvalue weighted by Crippen LogP contribution is -2.32. The lowest BCUT2D eigenvalue weighted by molar-refractivity contribution is -0.114. The van der Waals surface area contributed by atoms with Crippen molar-refractivity contribution in [2.75, 3.05) is 37.4 Å². The Morgan fingerprint density at radius 2 is 1.75 bits per heavy atom. The largest absolute Gasteiger partial charge is 0.363 e. The molecule has 0 saturated carbocycles. The molecule has 0 unspecified atom stereocenters. The molecule has 1 saturated heterocycles. The van der Waals surface area contributed by atoms with Crippen LogP contribution < -0.4 is 10.2 Å². The Kier molecular flexibility index (Phi) is 6.75. The molecule has 0 radical (unpaired) electrons. The highest BCUT2D eigenvalue weighted by atomic mass is 16.1. The summed E-state index contributed by atoms with van der Waals surface area (Å²) in [5.74, 6) is 2.07. The van der Waals surface area contributed by atoms with Crippen molar-refractivity contribution in [2.24, 2.45) is 0 Å². The molecule has 4 rings (SSSR count). The molecule has 1 aliphatic rings. The van der Waals surface area contributed by atoms with Crippen LogP contribution in [0.3, 0.4) is 0 Å². The van der Waals surface area contributed by atoms with Crippen molar-refractivity contribution >= 4 is 17.4 Å². The van der Waals surface area contributed by atoms with E-state index in [1.54, 1.807) is 12.4 Å². The molecule has 0 spiro atoms. The second kappa shape index (κ2) is 9.87. The van der Waals surface area contributed by atoms with Crippen molar-refractivity contribution in [1.29, 1.82) is 0 Å². The summed E-state index contributed by atoms with van der Waals surface area (Å²) in [7, 11) is 4.03. The van der Waals surface area contributed by atoms with Gasteiger partial charge in [0, 0.05) is 68.9 Å². The average Bonchev–Trinajstić information content (AvgIpc) is 2.81. The van der Waals surface area contributed by atoms with Gasteiger partial charge in [0.05, 0.1) is 0 Å². The number of hydrogen-bond acceptors (Lipinski definition) is 6. The van der Waals surface area contributed by atoms with Crippen LogP contribution >= 0.6 is 0 Å². The first-order chi connectivity index (χ1) is 15.5. The average molecular weight is 431 g/mol. The first-order valence-electron chi connectivity index (χ1n) is 11.0. The topological polar surface area (TPSA) is 74.2 Å². The Bertz CT molecular complexity index is 1040. The quantitative estimate of drug-likeness (QED) is 0.638. The summed E-state index contributed by atoms with van der Waals surface area (Å²) in [5.41, 5.74) is 4.21. The number of likely N-dealkylation sites (tertiary alicyclic amines) is 1. The number of pyridine rings is 1. The molecule has 3 aromatic rings. The van der Waals surface area contributed by atoms with Crippen molar-refractivity contribution in [3.63, 3.8) is 0 Å². The number of anilines is 2. The molecule has 0 bridgehead atoms.